The lowest BCUT2D eigenvalue weighted by Crippen LogP contribution is -2.45. The molecule has 2 heterocycles. The van der Waals surface area contributed by atoms with E-state index in [1.165, 1.54) is 6.07 Å². The van der Waals surface area contributed by atoms with E-state index in [1.807, 2.05) is 36.4 Å². The Balaban J connectivity index is 1.31. The Hall–Kier alpha value is -3.45. The van der Waals surface area contributed by atoms with Crippen molar-refractivity contribution in [1.82, 2.24) is 15.2 Å². The number of pyridine rings is 1. The van der Waals surface area contributed by atoms with Crippen molar-refractivity contribution < 1.29 is 13.9 Å². The van der Waals surface area contributed by atoms with E-state index >= 15 is 0 Å². The van der Waals surface area contributed by atoms with Gasteiger partial charge in [0.25, 0.3) is 0 Å². The zero-order valence-electron chi connectivity index (χ0n) is 17.1. The molecule has 0 radical (unpaired) electrons. The van der Waals surface area contributed by atoms with Gasteiger partial charge < -0.3 is 15.4 Å². The molecule has 1 saturated heterocycles. The number of aromatic nitrogens is 1. The maximum atomic E-state index is 14.4. The van der Waals surface area contributed by atoms with Gasteiger partial charge in [-0.05, 0) is 49.2 Å². The summed E-state index contributed by atoms with van der Waals surface area (Å²) in [5, 5.41) is 5.58. The van der Waals surface area contributed by atoms with E-state index in [4.69, 9.17) is 4.74 Å². The van der Waals surface area contributed by atoms with Crippen LogP contribution in [0.2, 0.25) is 0 Å². The zero-order chi connectivity index (χ0) is 21.5. The highest BCUT2D eigenvalue weighted by molar-refractivity contribution is 5.91. The van der Waals surface area contributed by atoms with Crippen LogP contribution in [0.5, 0.6) is 11.5 Å². The minimum atomic E-state index is -0.547. The van der Waals surface area contributed by atoms with Crippen LogP contribution in [0.15, 0.2) is 72.9 Å². The standard InChI is InChI=1S/C24H25FN4O2/c25-21-10-6-11-22(31-20-8-2-1-3-9-20)23(21)28-24(30)27-18-12-15-29(16-13-18)17-19-7-4-5-14-26-19/h1-11,14,18H,12-13,15-17H2,(H2,27,28,30). The number of para-hydroxylation sites is 2. The van der Waals surface area contributed by atoms with Gasteiger partial charge in [-0.1, -0.05) is 30.3 Å². The van der Waals surface area contributed by atoms with Gasteiger partial charge in [-0.2, -0.15) is 0 Å². The second-order valence-corrected chi connectivity index (χ2v) is 7.50. The number of carbonyl (C=O) groups excluding carboxylic acids is 1. The highest BCUT2D eigenvalue weighted by Crippen LogP contribution is 2.31. The number of piperidine rings is 1. The van der Waals surface area contributed by atoms with Crippen molar-refractivity contribution in [3.8, 4) is 11.5 Å². The number of ether oxygens (including phenoxy) is 1. The second kappa shape index (κ2) is 10.0. The van der Waals surface area contributed by atoms with Gasteiger partial charge in [-0.3, -0.25) is 9.88 Å². The number of likely N-dealkylation sites (tertiary alicyclic amines) is 1. The summed E-state index contributed by atoms with van der Waals surface area (Å²) in [6.07, 6.45) is 3.45. The average molecular weight is 420 g/mol. The number of nitrogens with one attached hydrogen (secondary N) is 2. The van der Waals surface area contributed by atoms with Gasteiger partial charge in [0.2, 0.25) is 0 Å². The van der Waals surface area contributed by atoms with Gasteiger partial charge in [0.1, 0.15) is 11.4 Å². The number of benzene rings is 2. The average Bonchev–Trinajstić information content (AvgIpc) is 2.79. The smallest absolute Gasteiger partial charge is 0.319 e. The number of hydrogen-bond donors (Lipinski definition) is 2. The maximum Gasteiger partial charge on any atom is 0.319 e. The molecule has 1 aromatic heterocycles. The summed E-state index contributed by atoms with van der Waals surface area (Å²) in [6.45, 7) is 2.53. The summed E-state index contributed by atoms with van der Waals surface area (Å²) < 4.78 is 20.2. The number of hydrogen-bond acceptors (Lipinski definition) is 4. The number of rotatable bonds is 6. The van der Waals surface area contributed by atoms with Crippen molar-refractivity contribution in [2.24, 2.45) is 0 Å². The number of urea groups is 1. The largest absolute Gasteiger partial charge is 0.455 e. The van der Waals surface area contributed by atoms with Crippen LogP contribution in [-0.2, 0) is 6.54 Å². The Morgan fingerprint density at radius 1 is 1.03 bits per heavy atom. The third kappa shape index (κ3) is 5.79. The van der Waals surface area contributed by atoms with Crippen molar-refractivity contribution in [1.29, 1.82) is 0 Å². The Morgan fingerprint density at radius 2 is 1.81 bits per heavy atom. The number of carbonyl (C=O) groups is 1. The van der Waals surface area contributed by atoms with Gasteiger partial charge in [-0.25, -0.2) is 9.18 Å². The lowest BCUT2D eigenvalue weighted by molar-refractivity contribution is 0.188. The van der Waals surface area contributed by atoms with E-state index in [0.717, 1.165) is 38.2 Å². The molecule has 2 N–H and O–H groups in total. The van der Waals surface area contributed by atoms with E-state index in [9.17, 15) is 9.18 Å². The number of amides is 2. The Bertz CT molecular complexity index is 993. The molecular formula is C24H25FN4O2. The molecule has 2 amide bonds. The molecule has 2 aromatic carbocycles. The normalized spacial score (nSPS) is 14.7. The molecule has 4 rings (SSSR count). The summed E-state index contributed by atoms with van der Waals surface area (Å²) in [6, 6.07) is 19.0. The molecule has 1 aliphatic rings. The van der Waals surface area contributed by atoms with Crippen molar-refractivity contribution in [2.75, 3.05) is 18.4 Å². The molecule has 31 heavy (non-hydrogen) atoms. The number of nitrogens with zero attached hydrogens (tertiary/aromatic N) is 2. The predicted octanol–water partition coefficient (Wildman–Crippen LogP) is 4.80. The fourth-order valence-corrected chi connectivity index (χ4v) is 3.62. The molecule has 0 bridgehead atoms. The SMILES string of the molecule is O=C(Nc1c(F)cccc1Oc1ccccc1)NC1CCN(Cc2ccccn2)CC1. The molecule has 0 aliphatic carbocycles. The second-order valence-electron chi connectivity index (χ2n) is 7.50. The summed E-state index contributed by atoms with van der Waals surface area (Å²) in [5.41, 5.74) is 1.06. The van der Waals surface area contributed by atoms with Gasteiger partial charge in [0.15, 0.2) is 11.6 Å². The van der Waals surface area contributed by atoms with Gasteiger partial charge in [0, 0.05) is 31.9 Å². The molecule has 0 saturated carbocycles. The predicted molar refractivity (Wildman–Crippen MR) is 118 cm³/mol. The monoisotopic (exact) mass is 420 g/mol. The molecular weight excluding hydrogens is 395 g/mol. The lowest BCUT2D eigenvalue weighted by Gasteiger charge is -2.32. The van der Waals surface area contributed by atoms with Crippen molar-refractivity contribution in [2.45, 2.75) is 25.4 Å². The van der Waals surface area contributed by atoms with Crippen LogP contribution in [0.3, 0.4) is 0 Å². The van der Waals surface area contributed by atoms with Crippen LogP contribution in [-0.4, -0.2) is 35.0 Å². The molecule has 6 nitrogen and oxygen atoms in total. The van der Waals surface area contributed by atoms with Crippen molar-refractivity contribution in [3.63, 3.8) is 0 Å². The highest BCUT2D eigenvalue weighted by atomic mass is 19.1. The van der Waals surface area contributed by atoms with Crippen LogP contribution < -0.4 is 15.4 Å². The van der Waals surface area contributed by atoms with Gasteiger partial charge >= 0.3 is 6.03 Å². The highest BCUT2D eigenvalue weighted by Gasteiger charge is 2.22. The summed E-state index contributed by atoms with van der Waals surface area (Å²) in [7, 11) is 0. The Kier molecular flexibility index (Phi) is 6.74. The van der Waals surface area contributed by atoms with E-state index in [1.54, 1.807) is 30.5 Å². The summed E-state index contributed by atoms with van der Waals surface area (Å²) >= 11 is 0. The van der Waals surface area contributed by atoms with Crippen LogP contribution >= 0.6 is 0 Å². The molecule has 1 fully saturated rings. The summed E-state index contributed by atoms with van der Waals surface area (Å²) in [4.78, 5) is 19.2. The summed E-state index contributed by atoms with van der Waals surface area (Å²) in [5.74, 6) is 0.275. The molecule has 1 aliphatic heterocycles. The first kappa shape index (κ1) is 20.8. The minimum absolute atomic E-state index is 0.0245. The van der Waals surface area contributed by atoms with E-state index in [0.29, 0.717) is 5.75 Å². The maximum absolute atomic E-state index is 14.4. The number of anilines is 1. The van der Waals surface area contributed by atoms with Crippen molar-refractivity contribution >= 4 is 11.7 Å². The van der Waals surface area contributed by atoms with Crippen LogP contribution in [0.4, 0.5) is 14.9 Å². The van der Waals surface area contributed by atoms with Gasteiger partial charge in [0.05, 0.1) is 5.69 Å². The minimum Gasteiger partial charge on any atom is -0.455 e. The topological polar surface area (TPSA) is 66.5 Å². The quantitative estimate of drug-likeness (QED) is 0.601. The number of halogens is 1. The zero-order valence-corrected chi connectivity index (χ0v) is 17.1. The van der Waals surface area contributed by atoms with Crippen LogP contribution in [0.1, 0.15) is 18.5 Å². The molecule has 160 valence electrons. The first-order valence-corrected chi connectivity index (χ1v) is 10.4. The third-order valence-corrected chi connectivity index (χ3v) is 5.22. The van der Waals surface area contributed by atoms with Crippen LogP contribution in [0.25, 0.3) is 0 Å². The van der Waals surface area contributed by atoms with E-state index in [2.05, 4.69) is 20.5 Å². The first-order chi connectivity index (χ1) is 15.2. The fourth-order valence-electron chi connectivity index (χ4n) is 3.62. The molecule has 0 spiro atoms. The Labute approximate surface area is 181 Å². The molecule has 3 aromatic rings. The fraction of sp³-hybridized carbons (Fsp3) is 0.250. The lowest BCUT2D eigenvalue weighted by atomic mass is 10.1. The third-order valence-electron chi connectivity index (χ3n) is 5.22. The van der Waals surface area contributed by atoms with Crippen molar-refractivity contribution in [3.05, 3.63) is 84.4 Å². The molecule has 0 atom stereocenters. The van der Waals surface area contributed by atoms with E-state index in [-0.39, 0.29) is 17.5 Å². The van der Waals surface area contributed by atoms with Crippen LogP contribution in [0, 0.1) is 5.82 Å². The van der Waals surface area contributed by atoms with Gasteiger partial charge in [-0.15, -0.1) is 0 Å². The first-order valence-electron chi connectivity index (χ1n) is 10.4. The Morgan fingerprint density at radius 3 is 2.55 bits per heavy atom. The van der Waals surface area contributed by atoms with E-state index < -0.39 is 11.8 Å². The molecule has 7 heteroatoms. The molecule has 0 unspecified atom stereocenters.